The number of nitrogens with two attached hydrogens (primary N) is 1. The first-order valence-corrected chi connectivity index (χ1v) is 5.39. The Morgan fingerprint density at radius 1 is 1.50 bits per heavy atom. The second-order valence-corrected chi connectivity index (χ2v) is 4.15. The molecule has 4 N–H and O–H groups in total. The van der Waals surface area contributed by atoms with Crippen LogP contribution in [-0.2, 0) is 11.3 Å². The Hall–Kier alpha value is -0.810. The summed E-state index contributed by atoms with van der Waals surface area (Å²) in [5.41, 5.74) is 6.18. The molecule has 0 radical (unpaired) electrons. The fourth-order valence-electron chi connectivity index (χ4n) is 1.11. The van der Waals surface area contributed by atoms with Crippen LogP contribution in [0.15, 0.2) is 18.2 Å². The van der Waals surface area contributed by atoms with Crippen LogP contribution in [0.3, 0.4) is 0 Å². The number of halogens is 2. The van der Waals surface area contributed by atoms with Gasteiger partial charge in [0.1, 0.15) is 6.04 Å². The Kier molecular flexibility index (Phi) is 5.02. The number of aliphatic carboxylic acids is 1. The van der Waals surface area contributed by atoms with E-state index in [-0.39, 0.29) is 6.54 Å². The Labute approximate surface area is 103 Å². The largest absolute Gasteiger partial charge is 0.480 e. The molecule has 1 atom stereocenters. The SMILES string of the molecule is NC(CNCc1ccc(Cl)cc1Cl)C(=O)O. The summed E-state index contributed by atoms with van der Waals surface area (Å²) in [5, 5.41) is 12.6. The van der Waals surface area contributed by atoms with Crippen LogP contribution in [0.4, 0.5) is 0 Å². The lowest BCUT2D eigenvalue weighted by Gasteiger charge is -2.09. The van der Waals surface area contributed by atoms with E-state index in [0.717, 1.165) is 5.56 Å². The third kappa shape index (κ3) is 3.98. The molecule has 6 heteroatoms. The smallest absolute Gasteiger partial charge is 0.321 e. The zero-order valence-corrected chi connectivity index (χ0v) is 9.92. The first kappa shape index (κ1) is 13.3. The molecule has 0 aromatic heterocycles. The first-order valence-electron chi connectivity index (χ1n) is 4.63. The Morgan fingerprint density at radius 3 is 2.75 bits per heavy atom. The molecular weight excluding hydrogens is 251 g/mol. The van der Waals surface area contributed by atoms with Crippen molar-refractivity contribution in [1.29, 1.82) is 0 Å². The van der Waals surface area contributed by atoms with E-state index in [0.29, 0.717) is 16.6 Å². The fraction of sp³-hybridized carbons (Fsp3) is 0.300. The molecule has 1 rings (SSSR count). The molecular formula is C10H12Cl2N2O2. The van der Waals surface area contributed by atoms with Gasteiger partial charge in [-0.05, 0) is 17.7 Å². The summed E-state index contributed by atoms with van der Waals surface area (Å²) in [6.07, 6.45) is 0. The molecule has 0 aliphatic heterocycles. The molecule has 4 nitrogen and oxygen atoms in total. The van der Waals surface area contributed by atoms with Gasteiger partial charge in [-0.1, -0.05) is 29.3 Å². The van der Waals surface area contributed by atoms with Crippen LogP contribution >= 0.6 is 23.2 Å². The molecule has 0 fully saturated rings. The number of rotatable bonds is 5. The highest BCUT2D eigenvalue weighted by Gasteiger charge is 2.10. The number of hydrogen-bond donors (Lipinski definition) is 3. The summed E-state index contributed by atoms with van der Waals surface area (Å²) < 4.78 is 0. The molecule has 0 heterocycles. The standard InChI is InChI=1S/C10H12Cl2N2O2/c11-7-2-1-6(8(12)3-7)4-14-5-9(13)10(15)16/h1-3,9,14H,4-5,13H2,(H,15,16). The van der Waals surface area contributed by atoms with E-state index >= 15 is 0 Å². The summed E-state index contributed by atoms with van der Waals surface area (Å²) in [4.78, 5) is 10.4. The van der Waals surface area contributed by atoms with Gasteiger partial charge in [0.2, 0.25) is 0 Å². The topological polar surface area (TPSA) is 75.3 Å². The number of hydrogen-bond acceptors (Lipinski definition) is 3. The van der Waals surface area contributed by atoms with Crippen molar-refractivity contribution in [3.05, 3.63) is 33.8 Å². The second-order valence-electron chi connectivity index (χ2n) is 3.31. The highest BCUT2D eigenvalue weighted by atomic mass is 35.5. The quantitative estimate of drug-likeness (QED) is 0.752. The van der Waals surface area contributed by atoms with Crippen LogP contribution in [-0.4, -0.2) is 23.7 Å². The normalized spacial score (nSPS) is 12.4. The van der Waals surface area contributed by atoms with Crippen molar-refractivity contribution in [3.63, 3.8) is 0 Å². The molecule has 0 aliphatic carbocycles. The van der Waals surface area contributed by atoms with Gasteiger partial charge < -0.3 is 16.2 Å². The Bertz CT molecular complexity index is 385. The second kappa shape index (κ2) is 6.06. The molecule has 0 saturated carbocycles. The van der Waals surface area contributed by atoms with Gasteiger partial charge in [-0.3, -0.25) is 4.79 Å². The molecule has 1 aromatic rings. The third-order valence-electron chi connectivity index (χ3n) is 2.01. The molecule has 0 amide bonds. The van der Waals surface area contributed by atoms with Gasteiger partial charge in [0.05, 0.1) is 0 Å². The van der Waals surface area contributed by atoms with E-state index in [1.54, 1.807) is 18.2 Å². The number of benzene rings is 1. The van der Waals surface area contributed by atoms with Crippen LogP contribution in [0.1, 0.15) is 5.56 Å². The summed E-state index contributed by atoms with van der Waals surface area (Å²) in [6, 6.07) is 4.23. The summed E-state index contributed by atoms with van der Waals surface area (Å²) in [6.45, 7) is 0.644. The highest BCUT2D eigenvalue weighted by molar-refractivity contribution is 6.35. The molecule has 16 heavy (non-hydrogen) atoms. The van der Waals surface area contributed by atoms with Crippen LogP contribution < -0.4 is 11.1 Å². The van der Waals surface area contributed by atoms with E-state index in [4.69, 9.17) is 34.0 Å². The Balaban J connectivity index is 2.46. The number of carbonyl (C=O) groups is 1. The van der Waals surface area contributed by atoms with Crippen LogP contribution in [0.2, 0.25) is 10.0 Å². The average Bonchev–Trinajstić information content (AvgIpc) is 2.20. The third-order valence-corrected chi connectivity index (χ3v) is 2.60. The van der Waals surface area contributed by atoms with Gasteiger partial charge in [-0.25, -0.2) is 0 Å². The van der Waals surface area contributed by atoms with Gasteiger partial charge >= 0.3 is 5.97 Å². The summed E-state index contributed by atoms with van der Waals surface area (Å²) in [7, 11) is 0. The number of carboxylic acids is 1. The zero-order valence-electron chi connectivity index (χ0n) is 8.41. The lowest BCUT2D eigenvalue weighted by molar-refractivity contribution is -0.138. The lowest BCUT2D eigenvalue weighted by Crippen LogP contribution is -2.40. The van der Waals surface area contributed by atoms with Crippen molar-refractivity contribution in [2.24, 2.45) is 5.73 Å². The van der Waals surface area contributed by atoms with E-state index in [9.17, 15) is 4.79 Å². The molecule has 0 saturated heterocycles. The van der Waals surface area contributed by atoms with Crippen molar-refractivity contribution in [2.45, 2.75) is 12.6 Å². The zero-order chi connectivity index (χ0) is 12.1. The van der Waals surface area contributed by atoms with Crippen molar-refractivity contribution < 1.29 is 9.90 Å². The highest BCUT2D eigenvalue weighted by Crippen LogP contribution is 2.20. The van der Waals surface area contributed by atoms with Gasteiger partial charge in [0.25, 0.3) is 0 Å². The lowest BCUT2D eigenvalue weighted by atomic mass is 10.2. The molecule has 0 spiro atoms. The van der Waals surface area contributed by atoms with Gasteiger partial charge in [0, 0.05) is 23.1 Å². The fourth-order valence-corrected chi connectivity index (χ4v) is 1.59. The van der Waals surface area contributed by atoms with Crippen molar-refractivity contribution in [1.82, 2.24) is 5.32 Å². The van der Waals surface area contributed by atoms with Crippen molar-refractivity contribution in [3.8, 4) is 0 Å². The molecule has 1 aromatic carbocycles. The van der Waals surface area contributed by atoms with Gasteiger partial charge in [0.15, 0.2) is 0 Å². The van der Waals surface area contributed by atoms with Crippen LogP contribution in [0.5, 0.6) is 0 Å². The average molecular weight is 263 g/mol. The van der Waals surface area contributed by atoms with E-state index in [1.807, 2.05) is 0 Å². The van der Waals surface area contributed by atoms with E-state index in [1.165, 1.54) is 0 Å². The predicted octanol–water partition coefficient (Wildman–Crippen LogP) is 1.49. The summed E-state index contributed by atoms with van der Waals surface area (Å²) >= 11 is 11.7. The van der Waals surface area contributed by atoms with Crippen molar-refractivity contribution in [2.75, 3.05) is 6.54 Å². The maximum absolute atomic E-state index is 10.4. The molecule has 0 bridgehead atoms. The number of nitrogens with one attached hydrogen (secondary N) is 1. The minimum Gasteiger partial charge on any atom is -0.480 e. The Morgan fingerprint density at radius 2 is 2.19 bits per heavy atom. The van der Waals surface area contributed by atoms with Gasteiger partial charge in [-0.15, -0.1) is 0 Å². The van der Waals surface area contributed by atoms with Crippen LogP contribution in [0.25, 0.3) is 0 Å². The van der Waals surface area contributed by atoms with Crippen molar-refractivity contribution >= 4 is 29.2 Å². The monoisotopic (exact) mass is 262 g/mol. The maximum atomic E-state index is 10.4. The minimum absolute atomic E-state index is 0.189. The molecule has 1 unspecified atom stereocenters. The molecule has 0 aliphatic rings. The number of carboxylic acid groups (broad SMARTS) is 1. The van der Waals surface area contributed by atoms with Gasteiger partial charge in [-0.2, -0.15) is 0 Å². The van der Waals surface area contributed by atoms with Crippen LogP contribution in [0, 0.1) is 0 Å². The predicted molar refractivity (Wildman–Crippen MR) is 63.8 cm³/mol. The summed E-state index contributed by atoms with van der Waals surface area (Å²) in [5.74, 6) is -1.03. The van der Waals surface area contributed by atoms with E-state index in [2.05, 4.69) is 5.32 Å². The first-order chi connectivity index (χ1) is 7.50. The molecule has 88 valence electrons. The van der Waals surface area contributed by atoms with E-state index < -0.39 is 12.0 Å². The maximum Gasteiger partial charge on any atom is 0.321 e. The minimum atomic E-state index is -1.03.